The van der Waals surface area contributed by atoms with Crippen LogP contribution >= 0.6 is 0 Å². The van der Waals surface area contributed by atoms with Gasteiger partial charge < -0.3 is 25.3 Å². The molecule has 7 nitrogen and oxygen atoms in total. The normalized spacial score (nSPS) is 11.9. The predicted molar refractivity (Wildman–Crippen MR) is 70.8 cm³/mol. The zero-order chi connectivity index (χ0) is 14.8. The molecule has 1 atom stereocenters. The molecule has 0 spiro atoms. The Morgan fingerprint density at radius 1 is 1.30 bits per heavy atom. The molecule has 1 aromatic rings. The van der Waals surface area contributed by atoms with Crippen molar-refractivity contribution in [2.45, 2.75) is 20.0 Å². The summed E-state index contributed by atoms with van der Waals surface area (Å²) < 4.78 is 5.33. The van der Waals surface area contributed by atoms with E-state index >= 15 is 0 Å². The molecule has 0 aliphatic carbocycles. The van der Waals surface area contributed by atoms with Crippen LogP contribution in [0.3, 0.4) is 0 Å². The fourth-order valence-corrected chi connectivity index (χ4v) is 1.59. The second-order valence-corrected chi connectivity index (χ2v) is 3.98. The molecule has 0 fully saturated rings. The number of oxime groups is 1. The van der Waals surface area contributed by atoms with Gasteiger partial charge in [0, 0.05) is 12.7 Å². The van der Waals surface area contributed by atoms with Gasteiger partial charge in [-0.1, -0.05) is 49.3 Å². The van der Waals surface area contributed by atoms with E-state index in [4.69, 9.17) is 25.3 Å². The monoisotopic (exact) mass is 376 g/mol. The summed E-state index contributed by atoms with van der Waals surface area (Å²) in [5, 5.41) is 27.1. The molecule has 0 bridgehead atoms. The van der Waals surface area contributed by atoms with Crippen LogP contribution in [0.1, 0.15) is 19.4 Å². The summed E-state index contributed by atoms with van der Waals surface area (Å²) in [5.74, 6) is 0.265. The molecule has 0 aliphatic rings. The molecular weight excluding hydrogens is 360 g/mol. The number of rotatable bonds is 4. The molecule has 0 saturated carbocycles. The predicted octanol–water partition coefficient (Wildman–Crippen LogP) is 2.29. The van der Waals surface area contributed by atoms with E-state index in [2.05, 4.69) is 5.16 Å². The second-order valence-electron chi connectivity index (χ2n) is 3.98. The third-order valence-corrected chi connectivity index (χ3v) is 2.31. The van der Waals surface area contributed by atoms with Gasteiger partial charge in [-0.15, -0.1) is 0 Å². The van der Waals surface area contributed by atoms with Crippen LogP contribution in [-0.4, -0.2) is 29.2 Å². The number of hydrogen-bond acceptors (Lipinski definition) is 6. The summed E-state index contributed by atoms with van der Waals surface area (Å²) in [6.45, 7) is 4.06. The van der Waals surface area contributed by atoms with Crippen molar-refractivity contribution in [3.8, 4) is 0 Å². The first-order chi connectivity index (χ1) is 8.93. The van der Waals surface area contributed by atoms with E-state index in [-0.39, 0.29) is 34.4 Å². The van der Waals surface area contributed by atoms with Crippen LogP contribution in [0.4, 0.5) is 0 Å². The molecule has 1 rings (SSSR count). The Hall–Kier alpha value is -1.41. The van der Waals surface area contributed by atoms with E-state index in [1.54, 1.807) is 7.11 Å². The van der Waals surface area contributed by atoms with Crippen LogP contribution < -0.4 is 0 Å². The van der Waals surface area contributed by atoms with Gasteiger partial charge in [0.15, 0.2) is 0 Å². The molecule has 0 saturated heterocycles. The van der Waals surface area contributed by atoms with Gasteiger partial charge in [0.05, 0.1) is 5.09 Å². The molecule has 0 aliphatic heterocycles. The molecule has 116 valence electrons. The maximum Gasteiger partial charge on any atom is 1.00 e. The number of hydrogen-bond donors (Lipinski definition) is 1. The molecule has 1 unspecified atom stereocenters. The van der Waals surface area contributed by atoms with Gasteiger partial charge in [-0.05, 0) is 5.92 Å². The van der Waals surface area contributed by atoms with Gasteiger partial charge in [-0.3, -0.25) is 0 Å². The number of benzene rings is 1. The van der Waals surface area contributed by atoms with E-state index in [0.29, 0.717) is 5.71 Å². The molecule has 0 aromatic heterocycles. The van der Waals surface area contributed by atoms with Crippen molar-refractivity contribution >= 4 is 5.71 Å². The van der Waals surface area contributed by atoms with E-state index in [1.807, 2.05) is 44.2 Å². The zero-order valence-corrected chi connectivity index (χ0v) is 12.8. The maximum absolute atomic E-state index is 9.04. The van der Waals surface area contributed by atoms with E-state index in [0.717, 1.165) is 5.56 Å². The first kappa shape index (κ1) is 20.9. The Balaban J connectivity index is 0. The second kappa shape index (κ2) is 11.4. The molecule has 20 heavy (non-hydrogen) atoms. The third kappa shape index (κ3) is 7.90. The summed E-state index contributed by atoms with van der Waals surface area (Å²) >= 11 is 0. The number of ether oxygens (including phenoxy) is 1. The molecule has 0 heterocycles. The van der Waals surface area contributed by atoms with Crippen molar-refractivity contribution < 1.29 is 37.4 Å². The number of methoxy groups -OCH3 is 1. The van der Waals surface area contributed by atoms with Crippen LogP contribution in [-0.2, 0) is 27.1 Å². The van der Waals surface area contributed by atoms with Crippen LogP contribution in [0.15, 0.2) is 35.5 Å². The van der Waals surface area contributed by atoms with Crippen molar-refractivity contribution in [1.29, 1.82) is 0 Å². The standard InChI is InChI=1S/C12H17NO2.Ag.NO3/c1-9(2)12(15-3)11(13-14)10-7-5-4-6-8-10;;2-1(3)4/h4-9,12,14H,1-3H3;;/q;+1;-1. The van der Waals surface area contributed by atoms with E-state index in [1.165, 1.54) is 0 Å². The SMILES string of the molecule is COC(C(=NO)c1ccccc1)C(C)C.O=[N+]([O-])[O-].[Ag+]. The Kier molecular flexibility index (Phi) is 11.9. The summed E-state index contributed by atoms with van der Waals surface area (Å²) in [4.78, 5) is 8.25. The quantitative estimate of drug-likeness (QED) is 0.285. The van der Waals surface area contributed by atoms with Crippen LogP contribution in [0.25, 0.3) is 0 Å². The Morgan fingerprint density at radius 3 is 2.05 bits per heavy atom. The molecule has 8 heteroatoms. The van der Waals surface area contributed by atoms with Gasteiger partial charge in [0.2, 0.25) is 0 Å². The van der Waals surface area contributed by atoms with Crippen molar-refractivity contribution in [2.24, 2.45) is 11.1 Å². The minimum atomic E-state index is -1.75. The molecule has 1 N–H and O–H groups in total. The summed E-state index contributed by atoms with van der Waals surface area (Å²) in [7, 11) is 1.62. The van der Waals surface area contributed by atoms with Crippen molar-refractivity contribution in [2.75, 3.05) is 7.11 Å². The number of nitrogens with zero attached hydrogens (tertiary/aromatic N) is 2. The van der Waals surface area contributed by atoms with Gasteiger partial charge in [-0.25, -0.2) is 0 Å². The first-order valence-electron chi connectivity index (χ1n) is 5.55. The Labute approximate surface area is 132 Å². The van der Waals surface area contributed by atoms with Crippen molar-refractivity contribution in [1.82, 2.24) is 0 Å². The molecule has 1 aromatic carbocycles. The van der Waals surface area contributed by atoms with Crippen LogP contribution in [0.5, 0.6) is 0 Å². The molecule has 0 amide bonds. The minimum Gasteiger partial charge on any atom is -0.411 e. The van der Waals surface area contributed by atoms with Crippen LogP contribution in [0.2, 0.25) is 0 Å². The van der Waals surface area contributed by atoms with Crippen molar-refractivity contribution in [3.63, 3.8) is 0 Å². The zero-order valence-electron chi connectivity index (χ0n) is 11.3. The fourth-order valence-electron chi connectivity index (χ4n) is 1.59. The summed E-state index contributed by atoms with van der Waals surface area (Å²) in [5.41, 5.74) is 1.47. The van der Waals surface area contributed by atoms with E-state index in [9.17, 15) is 0 Å². The van der Waals surface area contributed by atoms with Gasteiger partial charge >= 0.3 is 22.4 Å². The molecule has 0 radical (unpaired) electrons. The maximum atomic E-state index is 9.04. The smallest absolute Gasteiger partial charge is 0.411 e. The fraction of sp³-hybridized carbons (Fsp3) is 0.417. The van der Waals surface area contributed by atoms with Gasteiger partial charge in [-0.2, -0.15) is 0 Å². The summed E-state index contributed by atoms with van der Waals surface area (Å²) in [6, 6.07) is 9.56. The largest absolute Gasteiger partial charge is 1.00 e. The van der Waals surface area contributed by atoms with Gasteiger partial charge in [0.1, 0.15) is 11.8 Å². The van der Waals surface area contributed by atoms with Crippen LogP contribution in [0, 0.1) is 21.2 Å². The van der Waals surface area contributed by atoms with Gasteiger partial charge in [0.25, 0.3) is 0 Å². The minimum absolute atomic E-state index is 0. The van der Waals surface area contributed by atoms with E-state index < -0.39 is 5.09 Å². The van der Waals surface area contributed by atoms with Crippen molar-refractivity contribution in [3.05, 3.63) is 51.2 Å². The summed E-state index contributed by atoms with van der Waals surface area (Å²) in [6.07, 6.45) is -0.183. The average Bonchev–Trinajstić information content (AvgIpc) is 2.35. The Morgan fingerprint density at radius 2 is 1.75 bits per heavy atom. The molecular formula is C12H17AgN2O5. The average molecular weight is 377 g/mol. The Bertz CT molecular complexity index is 408. The third-order valence-electron chi connectivity index (χ3n) is 2.31. The first-order valence-corrected chi connectivity index (χ1v) is 5.55. The topological polar surface area (TPSA) is 108 Å².